The van der Waals surface area contributed by atoms with Gasteiger partial charge < -0.3 is 15.1 Å². The van der Waals surface area contributed by atoms with Crippen LogP contribution < -0.4 is 10.6 Å². The van der Waals surface area contributed by atoms with E-state index in [4.69, 9.17) is 16.0 Å². The molecule has 4 aromatic rings. The van der Waals surface area contributed by atoms with Crippen LogP contribution in [-0.2, 0) is 10.5 Å². The van der Waals surface area contributed by atoms with E-state index in [1.54, 1.807) is 30.1 Å². The molecule has 7 nitrogen and oxygen atoms in total. The number of amides is 1. The number of nitrogens with zero attached hydrogens (tertiary/aromatic N) is 3. The van der Waals surface area contributed by atoms with Crippen molar-refractivity contribution in [1.82, 2.24) is 15.2 Å². The number of hydrogen-bond donors (Lipinski definition) is 2. The molecule has 0 aliphatic carbocycles. The molecule has 0 atom stereocenters. The Bertz CT molecular complexity index is 1200. The summed E-state index contributed by atoms with van der Waals surface area (Å²) in [5.41, 5.74) is 2.68. The van der Waals surface area contributed by atoms with Crippen LogP contribution >= 0.6 is 23.4 Å². The van der Waals surface area contributed by atoms with Gasteiger partial charge in [0.25, 0.3) is 5.89 Å². The number of thioether (sulfide) groups is 1. The van der Waals surface area contributed by atoms with Gasteiger partial charge in [0.15, 0.2) is 0 Å². The van der Waals surface area contributed by atoms with Crippen molar-refractivity contribution < 1.29 is 9.21 Å². The molecular weight excluding hydrogens is 434 g/mol. The molecule has 156 valence electrons. The molecule has 1 amide bonds. The number of anilines is 3. The molecule has 2 heterocycles. The second kappa shape index (κ2) is 9.63. The average molecular weight is 452 g/mol. The number of hydrogen-bond acceptors (Lipinski definition) is 7. The number of halogens is 1. The quantitative estimate of drug-likeness (QED) is 0.344. The molecule has 4 rings (SSSR count). The molecule has 2 N–H and O–H groups in total. The Morgan fingerprint density at radius 1 is 1.10 bits per heavy atom. The second-order valence-corrected chi connectivity index (χ2v) is 8.01. The molecule has 0 saturated carbocycles. The van der Waals surface area contributed by atoms with Crippen molar-refractivity contribution in [2.45, 2.75) is 17.6 Å². The molecule has 2 aromatic carbocycles. The smallest absolute Gasteiger partial charge is 0.320 e. The third kappa shape index (κ3) is 5.62. The van der Waals surface area contributed by atoms with Gasteiger partial charge in [0.05, 0.1) is 5.56 Å². The van der Waals surface area contributed by atoms with E-state index in [-0.39, 0.29) is 5.91 Å². The van der Waals surface area contributed by atoms with Crippen LogP contribution in [0, 0.1) is 0 Å². The van der Waals surface area contributed by atoms with E-state index in [2.05, 4.69) is 25.8 Å². The Morgan fingerprint density at radius 2 is 1.90 bits per heavy atom. The van der Waals surface area contributed by atoms with Crippen molar-refractivity contribution in [3.63, 3.8) is 0 Å². The van der Waals surface area contributed by atoms with Crippen LogP contribution in [0.15, 0.2) is 76.2 Å². The first-order chi connectivity index (χ1) is 15.1. The molecule has 2 aromatic heterocycles. The number of pyridine rings is 1. The van der Waals surface area contributed by atoms with Crippen LogP contribution in [0.4, 0.5) is 17.5 Å². The fourth-order valence-electron chi connectivity index (χ4n) is 2.78. The molecule has 0 aliphatic rings. The van der Waals surface area contributed by atoms with Crippen molar-refractivity contribution in [1.29, 1.82) is 0 Å². The summed E-state index contributed by atoms with van der Waals surface area (Å²) < 4.78 is 5.82. The highest BCUT2D eigenvalue weighted by Gasteiger charge is 2.13. The van der Waals surface area contributed by atoms with Crippen molar-refractivity contribution in [2.75, 3.05) is 10.6 Å². The first-order valence-electron chi connectivity index (χ1n) is 9.37. The zero-order chi connectivity index (χ0) is 21.6. The van der Waals surface area contributed by atoms with Crippen molar-refractivity contribution >= 4 is 46.8 Å². The maximum absolute atomic E-state index is 11.2. The van der Waals surface area contributed by atoms with Crippen molar-refractivity contribution in [2.24, 2.45) is 0 Å². The monoisotopic (exact) mass is 451 g/mol. The summed E-state index contributed by atoms with van der Waals surface area (Å²) in [7, 11) is 0. The number of nitrogens with one attached hydrogen (secondary N) is 2. The maximum Gasteiger partial charge on any atom is 0.320 e. The number of rotatable bonds is 7. The topological polar surface area (TPSA) is 92.9 Å². The van der Waals surface area contributed by atoms with Crippen molar-refractivity contribution in [3.05, 3.63) is 77.4 Å². The lowest BCUT2D eigenvalue weighted by Gasteiger charge is -2.07. The van der Waals surface area contributed by atoms with E-state index in [0.717, 1.165) is 21.7 Å². The Hall–Kier alpha value is -3.36. The third-order valence-corrected chi connectivity index (χ3v) is 5.56. The van der Waals surface area contributed by atoms with E-state index in [9.17, 15) is 4.79 Å². The first kappa shape index (κ1) is 20.9. The predicted octanol–water partition coefficient (Wildman–Crippen LogP) is 5.78. The Balaban J connectivity index is 1.48. The van der Waals surface area contributed by atoms with Crippen LogP contribution in [-0.4, -0.2) is 21.1 Å². The van der Waals surface area contributed by atoms with Crippen LogP contribution in [0.2, 0.25) is 5.02 Å². The molecule has 0 saturated heterocycles. The van der Waals surface area contributed by atoms with E-state index in [0.29, 0.717) is 28.5 Å². The molecule has 0 spiro atoms. The molecule has 0 fully saturated rings. The van der Waals surface area contributed by atoms with E-state index in [1.807, 2.05) is 48.5 Å². The van der Waals surface area contributed by atoms with Gasteiger partial charge in [-0.25, -0.2) is 4.98 Å². The minimum Gasteiger partial charge on any atom is -0.403 e. The fourth-order valence-corrected chi connectivity index (χ4v) is 3.90. The molecule has 0 radical (unpaired) electrons. The second-order valence-electron chi connectivity index (χ2n) is 6.56. The van der Waals surface area contributed by atoms with Gasteiger partial charge in [-0.1, -0.05) is 28.8 Å². The summed E-state index contributed by atoms with van der Waals surface area (Å²) in [5.74, 6) is 1.50. The van der Waals surface area contributed by atoms with Gasteiger partial charge in [0.1, 0.15) is 5.82 Å². The largest absolute Gasteiger partial charge is 0.403 e. The van der Waals surface area contributed by atoms with Crippen LogP contribution in [0.3, 0.4) is 0 Å². The van der Waals surface area contributed by atoms with E-state index < -0.39 is 0 Å². The van der Waals surface area contributed by atoms with Gasteiger partial charge in [-0.2, -0.15) is 0 Å². The van der Waals surface area contributed by atoms with Gasteiger partial charge in [0, 0.05) is 34.5 Å². The fraction of sp³-hybridized carbons (Fsp3) is 0.0909. The normalized spacial score (nSPS) is 10.6. The number of carbonyl (C=O) groups excluding carboxylic acids is 1. The van der Waals surface area contributed by atoms with E-state index >= 15 is 0 Å². The molecule has 31 heavy (non-hydrogen) atoms. The molecule has 0 aliphatic heterocycles. The number of carbonyl (C=O) groups is 1. The highest BCUT2D eigenvalue weighted by atomic mass is 35.5. The van der Waals surface area contributed by atoms with Crippen LogP contribution in [0.5, 0.6) is 0 Å². The highest BCUT2D eigenvalue weighted by Crippen LogP contribution is 2.33. The molecule has 9 heteroatoms. The lowest BCUT2D eigenvalue weighted by molar-refractivity contribution is -0.114. The van der Waals surface area contributed by atoms with Gasteiger partial charge in [-0.3, -0.25) is 4.79 Å². The maximum atomic E-state index is 11.2. The summed E-state index contributed by atoms with van der Waals surface area (Å²) in [6.45, 7) is 1.46. The number of aromatic nitrogens is 3. The highest BCUT2D eigenvalue weighted by molar-refractivity contribution is 7.98. The van der Waals surface area contributed by atoms with Crippen LogP contribution in [0.1, 0.15) is 12.5 Å². The predicted molar refractivity (Wildman–Crippen MR) is 123 cm³/mol. The zero-order valence-corrected chi connectivity index (χ0v) is 18.1. The molecule has 0 bridgehead atoms. The minimum atomic E-state index is -0.151. The first-order valence-corrected chi connectivity index (χ1v) is 10.7. The summed E-state index contributed by atoms with van der Waals surface area (Å²) in [5, 5.41) is 14.7. The van der Waals surface area contributed by atoms with Crippen molar-refractivity contribution in [3.8, 4) is 11.5 Å². The van der Waals surface area contributed by atoms with Gasteiger partial charge >= 0.3 is 6.01 Å². The van der Waals surface area contributed by atoms with Gasteiger partial charge in [-0.05, 0) is 54.1 Å². The van der Waals surface area contributed by atoms with Crippen LogP contribution in [0.25, 0.3) is 11.5 Å². The Labute approximate surface area is 188 Å². The van der Waals surface area contributed by atoms with E-state index in [1.165, 1.54) is 6.92 Å². The summed E-state index contributed by atoms with van der Waals surface area (Å²) >= 11 is 7.55. The minimum absolute atomic E-state index is 0.151. The molecular formula is C22H18ClN5O2S. The summed E-state index contributed by atoms with van der Waals surface area (Å²) in [4.78, 5) is 16.4. The lowest BCUT2D eigenvalue weighted by Crippen LogP contribution is -2.07. The standard InChI is InChI=1S/C22H18ClN5O2S/c1-14(29)25-20-12-15(10-11-24-20)13-31-19-5-3-2-4-18(19)21-27-28-22(30-21)26-17-8-6-16(23)7-9-17/h2-12H,13H2,1H3,(H,26,28)(H,24,25,29). The lowest BCUT2D eigenvalue weighted by atomic mass is 10.2. The number of benzene rings is 2. The SMILES string of the molecule is CC(=O)Nc1cc(CSc2ccccc2-c2nnc(Nc3ccc(Cl)cc3)o2)ccn1. The molecule has 0 unspecified atom stereocenters. The van der Waals surface area contributed by atoms with Gasteiger partial charge in [-0.15, -0.1) is 16.9 Å². The van der Waals surface area contributed by atoms with Gasteiger partial charge in [0.2, 0.25) is 5.91 Å². The third-order valence-electron chi connectivity index (χ3n) is 4.16. The zero-order valence-electron chi connectivity index (χ0n) is 16.5. The Kier molecular flexibility index (Phi) is 6.49. The Morgan fingerprint density at radius 3 is 2.71 bits per heavy atom. The summed E-state index contributed by atoms with van der Waals surface area (Å²) in [6.07, 6.45) is 1.68. The average Bonchev–Trinajstić information content (AvgIpc) is 3.22. The summed E-state index contributed by atoms with van der Waals surface area (Å²) in [6, 6.07) is 19.1.